The quantitative estimate of drug-likeness (QED) is 0.582. The fourth-order valence-corrected chi connectivity index (χ4v) is 3.73. The predicted octanol–water partition coefficient (Wildman–Crippen LogP) is 3.33. The van der Waals surface area contributed by atoms with Gasteiger partial charge in [0.2, 0.25) is 5.16 Å². The van der Waals surface area contributed by atoms with Crippen molar-refractivity contribution in [3.63, 3.8) is 0 Å². The van der Waals surface area contributed by atoms with Crippen LogP contribution in [-0.4, -0.2) is 30.1 Å². The molecule has 22 heavy (non-hydrogen) atoms. The summed E-state index contributed by atoms with van der Waals surface area (Å²) in [4.78, 5) is 19.3. The Morgan fingerprint density at radius 2 is 2.05 bits per heavy atom. The molecule has 0 radical (unpaired) electrons. The predicted molar refractivity (Wildman–Crippen MR) is 85.9 cm³/mol. The van der Waals surface area contributed by atoms with Crippen LogP contribution >= 0.6 is 23.1 Å². The fraction of sp³-hybridized carbons (Fsp3) is 0.0714. The van der Waals surface area contributed by atoms with E-state index in [0.717, 1.165) is 26.6 Å². The lowest BCUT2D eigenvalue weighted by molar-refractivity contribution is 0.968. The summed E-state index contributed by atoms with van der Waals surface area (Å²) in [5.41, 5.74) is 0.952. The van der Waals surface area contributed by atoms with Crippen molar-refractivity contribution in [1.82, 2.24) is 30.1 Å². The maximum atomic E-state index is 4.50. The van der Waals surface area contributed by atoms with Crippen molar-refractivity contribution in [2.24, 2.45) is 0 Å². The standard InChI is InChI=1S/C14H10N6S2/c1-8-6-10-12(21-8)16-7-17-13(10)22-14-18-11(19-20-14)9-2-4-15-5-3-9/h2-7H,1H3,(H,18,19,20). The normalized spacial score (nSPS) is 11.1. The third-order valence-electron chi connectivity index (χ3n) is 3.02. The summed E-state index contributed by atoms with van der Waals surface area (Å²) in [6.07, 6.45) is 5.04. The topological polar surface area (TPSA) is 80.2 Å². The summed E-state index contributed by atoms with van der Waals surface area (Å²) in [7, 11) is 0. The molecule has 4 heterocycles. The molecule has 0 unspecified atom stereocenters. The van der Waals surface area contributed by atoms with E-state index in [2.05, 4.69) is 43.1 Å². The van der Waals surface area contributed by atoms with E-state index in [1.54, 1.807) is 30.1 Å². The number of aryl methyl sites for hydroxylation is 1. The molecule has 4 aromatic heterocycles. The molecule has 6 nitrogen and oxygen atoms in total. The number of nitrogens with one attached hydrogen (secondary N) is 1. The molecule has 4 aromatic rings. The highest BCUT2D eigenvalue weighted by molar-refractivity contribution is 7.99. The van der Waals surface area contributed by atoms with E-state index in [1.807, 2.05) is 12.1 Å². The minimum absolute atomic E-state index is 0.635. The van der Waals surface area contributed by atoms with Gasteiger partial charge in [0.25, 0.3) is 0 Å². The number of hydrogen-bond acceptors (Lipinski definition) is 7. The zero-order chi connectivity index (χ0) is 14.9. The molecule has 0 aliphatic heterocycles. The van der Waals surface area contributed by atoms with Gasteiger partial charge in [-0.3, -0.25) is 10.1 Å². The Morgan fingerprint density at radius 1 is 1.18 bits per heavy atom. The largest absolute Gasteiger partial charge is 0.265 e. The highest BCUT2D eigenvalue weighted by atomic mass is 32.2. The number of H-pyrrole nitrogens is 1. The molecule has 0 aromatic carbocycles. The van der Waals surface area contributed by atoms with Gasteiger partial charge < -0.3 is 0 Å². The number of nitrogens with zero attached hydrogens (tertiary/aromatic N) is 5. The molecule has 0 aliphatic carbocycles. The van der Waals surface area contributed by atoms with Gasteiger partial charge in [-0.1, -0.05) is 0 Å². The van der Waals surface area contributed by atoms with E-state index in [1.165, 1.54) is 16.6 Å². The van der Waals surface area contributed by atoms with Crippen molar-refractivity contribution >= 4 is 33.3 Å². The van der Waals surface area contributed by atoms with Crippen LogP contribution in [0, 0.1) is 6.92 Å². The number of rotatable bonds is 3. The summed E-state index contributed by atoms with van der Waals surface area (Å²) in [6, 6.07) is 5.87. The van der Waals surface area contributed by atoms with Crippen molar-refractivity contribution in [3.8, 4) is 11.4 Å². The Morgan fingerprint density at radius 3 is 2.91 bits per heavy atom. The van der Waals surface area contributed by atoms with E-state index in [9.17, 15) is 0 Å². The fourth-order valence-electron chi connectivity index (χ4n) is 2.05. The molecular formula is C14H10N6S2. The van der Waals surface area contributed by atoms with Crippen LogP contribution < -0.4 is 0 Å². The van der Waals surface area contributed by atoms with Crippen LogP contribution in [0.15, 0.2) is 47.1 Å². The minimum atomic E-state index is 0.635. The number of hydrogen-bond donors (Lipinski definition) is 1. The summed E-state index contributed by atoms with van der Waals surface area (Å²) < 4.78 is 0. The molecule has 0 aliphatic rings. The monoisotopic (exact) mass is 326 g/mol. The van der Waals surface area contributed by atoms with E-state index >= 15 is 0 Å². The number of pyridine rings is 1. The third kappa shape index (κ3) is 2.46. The lowest BCUT2D eigenvalue weighted by Gasteiger charge is -1.97. The molecule has 0 bridgehead atoms. The molecule has 0 saturated heterocycles. The van der Waals surface area contributed by atoms with Crippen LogP contribution in [0.25, 0.3) is 21.6 Å². The first-order valence-electron chi connectivity index (χ1n) is 6.51. The van der Waals surface area contributed by atoms with Crippen LogP contribution in [0.5, 0.6) is 0 Å². The Kier molecular flexibility index (Phi) is 3.32. The van der Waals surface area contributed by atoms with Gasteiger partial charge in [-0.2, -0.15) is 0 Å². The maximum Gasteiger partial charge on any atom is 0.215 e. The second-order valence-corrected chi connectivity index (χ2v) is 6.75. The van der Waals surface area contributed by atoms with Crippen molar-refractivity contribution < 1.29 is 0 Å². The molecule has 0 saturated carbocycles. The first-order valence-corrected chi connectivity index (χ1v) is 8.15. The average molecular weight is 326 g/mol. The Labute approximate surface area is 134 Å². The van der Waals surface area contributed by atoms with Crippen molar-refractivity contribution in [2.75, 3.05) is 0 Å². The van der Waals surface area contributed by atoms with Crippen LogP contribution in [0.2, 0.25) is 0 Å². The molecule has 0 spiro atoms. The van der Waals surface area contributed by atoms with Crippen LogP contribution in [0.3, 0.4) is 0 Å². The summed E-state index contributed by atoms with van der Waals surface area (Å²) >= 11 is 3.09. The molecule has 108 valence electrons. The third-order valence-corrected chi connectivity index (χ3v) is 4.86. The number of thiophene rings is 1. The second-order valence-electron chi connectivity index (χ2n) is 4.56. The van der Waals surface area contributed by atoms with E-state index < -0.39 is 0 Å². The lowest BCUT2D eigenvalue weighted by Crippen LogP contribution is -1.84. The molecule has 0 fully saturated rings. The Bertz CT molecular complexity index is 931. The summed E-state index contributed by atoms with van der Waals surface area (Å²) in [5.74, 6) is 0.719. The summed E-state index contributed by atoms with van der Waals surface area (Å²) in [6.45, 7) is 2.06. The average Bonchev–Trinajstić information content (AvgIpc) is 3.14. The molecule has 4 rings (SSSR count). The van der Waals surface area contributed by atoms with Gasteiger partial charge in [0.1, 0.15) is 16.2 Å². The zero-order valence-electron chi connectivity index (χ0n) is 11.5. The van der Waals surface area contributed by atoms with Gasteiger partial charge in [-0.25, -0.2) is 15.0 Å². The van der Waals surface area contributed by atoms with E-state index in [4.69, 9.17) is 0 Å². The second kappa shape index (κ2) is 5.47. The lowest BCUT2D eigenvalue weighted by atomic mass is 10.3. The van der Waals surface area contributed by atoms with E-state index in [-0.39, 0.29) is 0 Å². The van der Waals surface area contributed by atoms with Gasteiger partial charge in [-0.15, -0.1) is 16.4 Å². The SMILES string of the molecule is Cc1cc2c(Sc3n[nH]c(-c4ccncc4)n3)ncnc2s1. The first kappa shape index (κ1) is 13.4. The molecule has 8 heteroatoms. The number of aromatic amines is 1. The number of aromatic nitrogens is 6. The van der Waals surface area contributed by atoms with Gasteiger partial charge in [-0.05, 0) is 36.9 Å². The van der Waals surface area contributed by atoms with Crippen LogP contribution in [0.4, 0.5) is 0 Å². The molecular weight excluding hydrogens is 316 g/mol. The van der Waals surface area contributed by atoms with E-state index in [0.29, 0.717) is 5.16 Å². The van der Waals surface area contributed by atoms with Gasteiger partial charge in [0, 0.05) is 28.2 Å². The number of fused-ring (bicyclic) bond motifs is 1. The zero-order valence-corrected chi connectivity index (χ0v) is 13.1. The highest BCUT2D eigenvalue weighted by Crippen LogP contribution is 2.33. The minimum Gasteiger partial charge on any atom is -0.265 e. The van der Waals surface area contributed by atoms with Gasteiger partial charge >= 0.3 is 0 Å². The Hall–Kier alpha value is -2.32. The highest BCUT2D eigenvalue weighted by Gasteiger charge is 2.12. The van der Waals surface area contributed by atoms with Crippen molar-refractivity contribution in [2.45, 2.75) is 17.1 Å². The maximum absolute atomic E-state index is 4.50. The summed E-state index contributed by atoms with van der Waals surface area (Å²) in [5, 5.41) is 9.75. The molecule has 0 atom stereocenters. The van der Waals surface area contributed by atoms with Crippen LogP contribution in [0.1, 0.15) is 4.88 Å². The smallest absolute Gasteiger partial charge is 0.215 e. The molecule has 0 amide bonds. The Balaban J connectivity index is 1.67. The van der Waals surface area contributed by atoms with Crippen LogP contribution in [-0.2, 0) is 0 Å². The first-order chi connectivity index (χ1) is 10.8. The molecule has 1 N–H and O–H groups in total. The van der Waals surface area contributed by atoms with Gasteiger partial charge in [0.15, 0.2) is 5.82 Å². The van der Waals surface area contributed by atoms with Crippen molar-refractivity contribution in [1.29, 1.82) is 0 Å². The van der Waals surface area contributed by atoms with Crippen molar-refractivity contribution in [3.05, 3.63) is 41.8 Å². The van der Waals surface area contributed by atoms with Gasteiger partial charge in [0.05, 0.1) is 0 Å².